The number of aromatic nitrogens is 3. The maximum absolute atomic E-state index is 13.0. The monoisotopic (exact) mass is 512 g/mol. The van der Waals surface area contributed by atoms with E-state index in [1.165, 1.54) is 4.57 Å². The van der Waals surface area contributed by atoms with Crippen molar-refractivity contribution in [3.63, 3.8) is 0 Å². The van der Waals surface area contributed by atoms with Crippen molar-refractivity contribution >= 4 is 23.3 Å². The minimum atomic E-state index is -0.482. The van der Waals surface area contributed by atoms with Crippen LogP contribution in [0.15, 0.2) is 57.2 Å². The third kappa shape index (κ3) is 6.50. The van der Waals surface area contributed by atoms with E-state index < -0.39 is 11.2 Å². The fraction of sp³-hybridized carbons (Fsp3) is 0.407. The molecule has 0 fully saturated rings. The molecule has 3 rings (SSSR count). The largest absolute Gasteiger partial charge is 0.442 e. The van der Waals surface area contributed by atoms with Crippen LogP contribution in [0.2, 0.25) is 5.02 Å². The van der Waals surface area contributed by atoms with E-state index in [1.54, 1.807) is 20.2 Å². The van der Waals surface area contributed by atoms with Gasteiger partial charge in [0.05, 0.1) is 10.6 Å². The number of aliphatic imine (C=N–C) groups is 1. The van der Waals surface area contributed by atoms with Crippen LogP contribution in [-0.2, 0) is 26.4 Å². The third-order valence-electron chi connectivity index (χ3n) is 6.10. The first-order chi connectivity index (χ1) is 17.3. The Morgan fingerprint density at radius 1 is 1.22 bits per heavy atom. The lowest BCUT2D eigenvalue weighted by atomic mass is 10.0. The predicted octanol–water partition coefficient (Wildman–Crippen LogP) is 4.23. The molecule has 3 aromatic rings. The average molecular weight is 513 g/mol. The van der Waals surface area contributed by atoms with Crippen LogP contribution in [0.4, 0.5) is 5.82 Å². The molecule has 2 heterocycles. The minimum Gasteiger partial charge on any atom is -0.442 e. The molecule has 2 aromatic heterocycles. The van der Waals surface area contributed by atoms with Crippen LogP contribution in [-0.4, -0.2) is 31.7 Å². The van der Waals surface area contributed by atoms with Gasteiger partial charge in [-0.3, -0.25) is 18.9 Å². The van der Waals surface area contributed by atoms with Crippen molar-refractivity contribution in [3.05, 3.63) is 85.3 Å². The standard InChI is InChI=1S/C27H33ClN4O4/c1-5-20-9-6-7-10-23(20)36-25(18(2)11-13-22-14-12-21(28)17-29-22)30-24-19(3)26(34)32(15-8-16-33)27(35)31(24)4/h6-7,9-10,12,14,17-18,33H,5,8,11,13,15-16H2,1-4H3. The lowest BCUT2D eigenvalue weighted by Gasteiger charge is -2.19. The molecule has 0 saturated carbocycles. The number of benzene rings is 1. The van der Waals surface area contributed by atoms with Crippen molar-refractivity contribution in [1.82, 2.24) is 14.1 Å². The molecule has 1 aromatic carbocycles. The summed E-state index contributed by atoms with van der Waals surface area (Å²) < 4.78 is 8.84. The van der Waals surface area contributed by atoms with Gasteiger partial charge in [-0.1, -0.05) is 43.6 Å². The van der Waals surface area contributed by atoms with Crippen molar-refractivity contribution in [1.29, 1.82) is 0 Å². The van der Waals surface area contributed by atoms with Crippen LogP contribution >= 0.6 is 11.6 Å². The van der Waals surface area contributed by atoms with E-state index in [1.807, 2.05) is 43.3 Å². The second kappa shape index (κ2) is 12.6. The predicted molar refractivity (Wildman–Crippen MR) is 143 cm³/mol. The van der Waals surface area contributed by atoms with Gasteiger partial charge >= 0.3 is 5.69 Å². The summed E-state index contributed by atoms with van der Waals surface area (Å²) in [5.41, 5.74) is 1.36. The van der Waals surface area contributed by atoms with Crippen LogP contribution in [0.1, 0.15) is 43.5 Å². The Morgan fingerprint density at radius 3 is 2.64 bits per heavy atom. The molecule has 8 nitrogen and oxygen atoms in total. The van der Waals surface area contributed by atoms with Gasteiger partial charge in [-0.15, -0.1) is 0 Å². The van der Waals surface area contributed by atoms with Gasteiger partial charge < -0.3 is 9.84 Å². The maximum Gasteiger partial charge on any atom is 0.332 e. The number of nitrogens with zero attached hydrogens (tertiary/aromatic N) is 4. The molecule has 0 aliphatic rings. The lowest BCUT2D eigenvalue weighted by molar-refractivity contribution is 0.277. The molecular formula is C27H33ClN4O4. The number of halogens is 1. The van der Waals surface area contributed by atoms with E-state index in [2.05, 4.69) is 11.9 Å². The number of para-hydroxylation sites is 1. The number of aryl methyl sites for hydroxylation is 2. The molecule has 192 valence electrons. The highest BCUT2D eigenvalue weighted by molar-refractivity contribution is 6.30. The summed E-state index contributed by atoms with van der Waals surface area (Å²) in [4.78, 5) is 35.0. The van der Waals surface area contributed by atoms with Gasteiger partial charge in [-0.05, 0) is 56.4 Å². The number of ether oxygens (including phenoxy) is 1. The zero-order valence-corrected chi connectivity index (χ0v) is 22.0. The zero-order chi connectivity index (χ0) is 26.2. The van der Waals surface area contributed by atoms with Crippen LogP contribution in [0.25, 0.3) is 0 Å². The highest BCUT2D eigenvalue weighted by atomic mass is 35.5. The molecule has 0 aliphatic carbocycles. The van der Waals surface area contributed by atoms with Crippen molar-refractivity contribution < 1.29 is 9.84 Å². The van der Waals surface area contributed by atoms with E-state index in [4.69, 9.17) is 26.4 Å². The molecule has 0 radical (unpaired) electrons. The van der Waals surface area contributed by atoms with Crippen molar-refractivity contribution in [2.75, 3.05) is 6.61 Å². The number of aliphatic hydroxyl groups excluding tert-OH is 1. The molecule has 1 atom stereocenters. The van der Waals surface area contributed by atoms with Gasteiger partial charge in [-0.25, -0.2) is 4.79 Å². The Balaban J connectivity index is 2.03. The number of aliphatic hydroxyl groups is 1. The second-order valence-electron chi connectivity index (χ2n) is 8.75. The van der Waals surface area contributed by atoms with E-state index in [0.29, 0.717) is 41.5 Å². The molecule has 1 N–H and O–H groups in total. The summed E-state index contributed by atoms with van der Waals surface area (Å²) in [5, 5.41) is 9.72. The van der Waals surface area contributed by atoms with Gasteiger partial charge in [0.25, 0.3) is 5.56 Å². The number of hydrogen-bond acceptors (Lipinski definition) is 6. The molecule has 1 unspecified atom stereocenters. The minimum absolute atomic E-state index is 0.108. The highest BCUT2D eigenvalue weighted by Gasteiger charge is 2.20. The summed E-state index contributed by atoms with van der Waals surface area (Å²) in [6, 6.07) is 11.4. The zero-order valence-electron chi connectivity index (χ0n) is 21.2. The van der Waals surface area contributed by atoms with Crippen molar-refractivity contribution in [2.45, 2.75) is 53.0 Å². The summed E-state index contributed by atoms with van der Waals surface area (Å²) in [6.07, 6.45) is 4.08. The first kappa shape index (κ1) is 27.4. The Labute approximate surface area is 215 Å². The van der Waals surface area contributed by atoms with Crippen LogP contribution in [0.3, 0.4) is 0 Å². The highest BCUT2D eigenvalue weighted by Crippen LogP contribution is 2.24. The summed E-state index contributed by atoms with van der Waals surface area (Å²) in [6.45, 7) is 5.73. The Morgan fingerprint density at radius 2 is 1.97 bits per heavy atom. The molecule has 0 spiro atoms. The Hall–Kier alpha value is -3.23. The normalized spacial score (nSPS) is 12.6. The molecule has 0 bridgehead atoms. The molecular weight excluding hydrogens is 480 g/mol. The second-order valence-corrected chi connectivity index (χ2v) is 9.18. The number of rotatable bonds is 10. The summed E-state index contributed by atoms with van der Waals surface area (Å²) in [7, 11) is 1.59. The lowest BCUT2D eigenvalue weighted by Crippen LogP contribution is -2.40. The quantitative estimate of drug-likeness (QED) is 0.324. The summed E-state index contributed by atoms with van der Waals surface area (Å²) >= 11 is 5.96. The number of hydrogen-bond donors (Lipinski definition) is 1. The van der Waals surface area contributed by atoms with Gasteiger partial charge in [0.1, 0.15) is 11.6 Å². The van der Waals surface area contributed by atoms with Crippen LogP contribution in [0, 0.1) is 12.8 Å². The van der Waals surface area contributed by atoms with E-state index in [9.17, 15) is 9.59 Å². The molecule has 0 amide bonds. The first-order valence-corrected chi connectivity index (χ1v) is 12.5. The Bertz CT molecular complexity index is 1290. The SMILES string of the molecule is CCc1ccccc1OC(=Nc1c(C)c(=O)n(CCCO)c(=O)n1C)C(C)CCc1ccc(Cl)cn1. The summed E-state index contributed by atoms with van der Waals surface area (Å²) in [5.74, 6) is 1.22. The van der Waals surface area contributed by atoms with Crippen molar-refractivity contribution in [3.8, 4) is 5.75 Å². The van der Waals surface area contributed by atoms with E-state index in [-0.39, 0.29) is 24.9 Å². The average Bonchev–Trinajstić information content (AvgIpc) is 2.89. The van der Waals surface area contributed by atoms with E-state index >= 15 is 0 Å². The third-order valence-corrected chi connectivity index (χ3v) is 6.33. The van der Waals surface area contributed by atoms with Crippen LogP contribution < -0.4 is 16.0 Å². The van der Waals surface area contributed by atoms with E-state index in [0.717, 1.165) is 22.2 Å². The van der Waals surface area contributed by atoms with Gasteiger partial charge in [0, 0.05) is 38.0 Å². The van der Waals surface area contributed by atoms with Crippen molar-refractivity contribution in [2.24, 2.45) is 18.0 Å². The van der Waals surface area contributed by atoms with Gasteiger partial charge in [-0.2, -0.15) is 4.99 Å². The molecule has 36 heavy (non-hydrogen) atoms. The molecule has 0 aliphatic heterocycles. The molecule has 9 heteroatoms. The van der Waals surface area contributed by atoms with Gasteiger partial charge in [0.15, 0.2) is 5.90 Å². The maximum atomic E-state index is 13.0. The fourth-order valence-electron chi connectivity index (χ4n) is 3.88. The topological polar surface area (TPSA) is 98.7 Å². The molecule has 0 saturated heterocycles. The Kier molecular flexibility index (Phi) is 9.61. The number of pyridine rings is 1. The van der Waals surface area contributed by atoms with Crippen LogP contribution in [0.5, 0.6) is 5.75 Å². The van der Waals surface area contributed by atoms with Gasteiger partial charge in [0.2, 0.25) is 0 Å². The smallest absolute Gasteiger partial charge is 0.332 e. The first-order valence-electron chi connectivity index (χ1n) is 12.1. The fourth-order valence-corrected chi connectivity index (χ4v) is 3.99.